The van der Waals surface area contributed by atoms with Crippen LogP contribution in [0.4, 0.5) is 8.78 Å². The van der Waals surface area contributed by atoms with Crippen molar-refractivity contribution >= 4 is 0 Å². The smallest absolute Gasteiger partial charge is 0.198 e. The Balaban J connectivity index is 2.35. The molecule has 2 aromatic rings. The number of benzene rings is 2. The zero-order valence-corrected chi connectivity index (χ0v) is 10.9. The molecule has 0 saturated carbocycles. The van der Waals surface area contributed by atoms with E-state index in [-0.39, 0.29) is 5.56 Å². The van der Waals surface area contributed by atoms with E-state index in [1.54, 1.807) is 30.3 Å². The number of nitrogens with two attached hydrogens (primary N) is 2. The van der Waals surface area contributed by atoms with Crippen LogP contribution >= 0.6 is 0 Å². The van der Waals surface area contributed by atoms with Gasteiger partial charge in [-0.25, -0.2) is 8.78 Å². The van der Waals surface area contributed by atoms with E-state index < -0.39 is 23.4 Å². The second-order valence-electron chi connectivity index (χ2n) is 4.38. The number of ether oxygens (including phenoxy) is 1. The summed E-state index contributed by atoms with van der Waals surface area (Å²) in [5.41, 5.74) is 11.4. The van der Waals surface area contributed by atoms with Gasteiger partial charge >= 0.3 is 0 Å². The molecule has 2 rings (SSSR count). The minimum absolute atomic E-state index is 0.197. The summed E-state index contributed by atoms with van der Waals surface area (Å²) in [7, 11) is 0. The molecule has 0 radical (unpaired) electrons. The zero-order chi connectivity index (χ0) is 14.5. The van der Waals surface area contributed by atoms with Gasteiger partial charge < -0.3 is 16.2 Å². The van der Waals surface area contributed by atoms with Gasteiger partial charge in [-0.3, -0.25) is 0 Å². The van der Waals surface area contributed by atoms with Crippen molar-refractivity contribution in [2.75, 3.05) is 6.54 Å². The van der Waals surface area contributed by atoms with Gasteiger partial charge in [0.15, 0.2) is 17.4 Å². The fourth-order valence-corrected chi connectivity index (χ4v) is 1.87. The average molecular weight is 278 g/mol. The molecule has 0 fully saturated rings. The van der Waals surface area contributed by atoms with E-state index in [2.05, 4.69) is 0 Å². The van der Waals surface area contributed by atoms with Gasteiger partial charge in [-0.2, -0.15) is 0 Å². The number of halogens is 2. The first-order valence-electron chi connectivity index (χ1n) is 6.30. The van der Waals surface area contributed by atoms with E-state index in [1.807, 2.05) is 0 Å². The highest BCUT2D eigenvalue weighted by molar-refractivity contribution is 5.38. The molecule has 0 aliphatic carbocycles. The fraction of sp³-hybridized carbons (Fsp3) is 0.200. The number of hydrogen-bond acceptors (Lipinski definition) is 3. The van der Waals surface area contributed by atoms with Gasteiger partial charge in [0.2, 0.25) is 0 Å². The van der Waals surface area contributed by atoms with Crippen LogP contribution in [0.5, 0.6) is 11.5 Å². The van der Waals surface area contributed by atoms with Crippen molar-refractivity contribution in [3.63, 3.8) is 0 Å². The molecule has 3 nitrogen and oxygen atoms in total. The molecule has 0 bridgehead atoms. The first-order valence-corrected chi connectivity index (χ1v) is 6.30. The highest BCUT2D eigenvalue weighted by Crippen LogP contribution is 2.31. The molecule has 0 aliphatic heterocycles. The number of hydrogen-bond donors (Lipinski definition) is 2. The predicted molar refractivity (Wildman–Crippen MR) is 73.5 cm³/mol. The Hall–Kier alpha value is -1.98. The van der Waals surface area contributed by atoms with E-state index in [4.69, 9.17) is 16.2 Å². The third kappa shape index (κ3) is 3.12. The molecule has 0 amide bonds. The van der Waals surface area contributed by atoms with Crippen molar-refractivity contribution < 1.29 is 13.5 Å². The van der Waals surface area contributed by atoms with Gasteiger partial charge in [0.05, 0.1) is 0 Å². The first kappa shape index (κ1) is 14.4. The van der Waals surface area contributed by atoms with E-state index in [1.165, 1.54) is 6.07 Å². The Morgan fingerprint density at radius 2 is 1.75 bits per heavy atom. The lowest BCUT2D eigenvalue weighted by molar-refractivity contribution is 0.400. The van der Waals surface area contributed by atoms with Crippen LogP contribution in [0.25, 0.3) is 0 Å². The summed E-state index contributed by atoms with van der Waals surface area (Å²) < 4.78 is 33.3. The Morgan fingerprint density at radius 1 is 1.05 bits per heavy atom. The Morgan fingerprint density at radius 3 is 2.40 bits per heavy atom. The lowest BCUT2D eigenvalue weighted by Crippen LogP contribution is -2.17. The highest BCUT2D eigenvalue weighted by atomic mass is 19.1. The maximum Gasteiger partial charge on any atom is 0.198 e. The van der Waals surface area contributed by atoms with Gasteiger partial charge in [-0.05, 0) is 31.2 Å². The van der Waals surface area contributed by atoms with Crippen LogP contribution in [0.15, 0.2) is 42.5 Å². The van der Waals surface area contributed by atoms with E-state index in [0.717, 1.165) is 6.07 Å². The van der Waals surface area contributed by atoms with Crippen LogP contribution in [0.2, 0.25) is 0 Å². The van der Waals surface area contributed by atoms with Crippen molar-refractivity contribution in [3.05, 3.63) is 59.7 Å². The van der Waals surface area contributed by atoms with Crippen LogP contribution < -0.4 is 16.2 Å². The summed E-state index contributed by atoms with van der Waals surface area (Å²) in [6.45, 7) is 0.326. The molecule has 5 heteroatoms. The van der Waals surface area contributed by atoms with Crippen LogP contribution in [-0.2, 0) is 0 Å². The third-order valence-electron chi connectivity index (χ3n) is 2.92. The molecule has 1 unspecified atom stereocenters. The van der Waals surface area contributed by atoms with Gasteiger partial charge in [-0.1, -0.05) is 24.3 Å². The minimum Gasteiger partial charge on any atom is -0.451 e. The maximum atomic E-state index is 14.3. The number of para-hydroxylation sites is 1. The minimum atomic E-state index is -0.783. The average Bonchev–Trinajstić information content (AvgIpc) is 2.45. The van der Waals surface area contributed by atoms with Crippen LogP contribution in [0, 0.1) is 11.6 Å². The largest absolute Gasteiger partial charge is 0.451 e. The fourth-order valence-electron chi connectivity index (χ4n) is 1.87. The van der Waals surface area contributed by atoms with Gasteiger partial charge in [0.25, 0.3) is 0 Å². The number of rotatable bonds is 5. The summed E-state index contributed by atoms with van der Waals surface area (Å²) in [5.74, 6) is -1.64. The Labute approximate surface area is 116 Å². The molecular formula is C15H16F2N2O. The topological polar surface area (TPSA) is 61.3 Å². The Kier molecular flexibility index (Phi) is 4.65. The maximum absolute atomic E-state index is 14.3. The zero-order valence-electron chi connectivity index (χ0n) is 10.9. The molecule has 2 aromatic carbocycles. The summed E-state index contributed by atoms with van der Waals surface area (Å²) in [4.78, 5) is 0. The lowest BCUT2D eigenvalue weighted by atomic mass is 10.0. The monoisotopic (exact) mass is 278 g/mol. The normalized spacial score (nSPS) is 12.2. The summed E-state index contributed by atoms with van der Waals surface area (Å²) in [5, 5.41) is 0. The summed E-state index contributed by atoms with van der Waals surface area (Å²) >= 11 is 0. The van der Waals surface area contributed by atoms with Crippen molar-refractivity contribution in [2.45, 2.75) is 12.5 Å². The van der Waals surface area contributed by atoms with Crippen molar-refractivity contribution in [1.29, 1.82) is 0 Å². The summed E-state index contributed by atoms with van der Waals surface area (Å²) in [6.07, 6.45) is 0.410. The molecule has 1 atom stereocenters. The van der Waals surface area contributed by atoms with Gasteiger partial charge in [0, 0.05) is 11.6 Å². The van der Waals surface area contributed by atoms with Gasteiger partial charge in [-0.15, -0.1) is 0 Å². The Bertz CT molecular complexity index is 576. The lowest BCUT2D eigenvalue weighted by Gasteiger charge is -2.15. The third-order valence-corrected chi connectivity index (χ3v) is 2.92. The second-order valence-corrected chi connectivity index (χ2v) is 4.38. The second kappa shape index (κ2) is 6.45. The van der Waals surface area contributed by atoms with Gasteiger partial charge in [0.1, 0.15) is 5.75 Å². The predicted octanol–water partition coefficient (Wildman–Crippen LogP) is 3.11. The summed E-state index contributed by atoms with van der Waals surface area (Å²) in [6, 6.07) is 10.3. The molecule has 20 heavy (non-hydrogen) atoms. The van der Waals surface area contributed by atoms with Crippen molar-refractivity contribution in [3.8, 4) is 11.5 Å². The van der Waals surface area contributed by atoms with Crippen molar-refractivity contribution in [2.24, 2.45) is 11.5 Å². The first-order chi connectivity index (χ1) is 9.63. The van der Waals surface area contributed by atoms with Crippen molar-refractivity contribution in [1.82, 2.24) is 0 Å². The van der Waals surface area contributed by atoms with Crippen LogP contribution in [0.1, 0.15) is 18.0 Å². The molecule has 4 N–H and O–H groups in total. The molecule has 0 spiro atoms. The van der Waals surface area contributed by atoms with Crippen LogP contribution in [-0.4, -0.2) is 6.54 Å². The molecule has 0 heterocycles. The SMILES string of the molecule is NCCC(N)c1ccc(F)c(Oc2ccccc2)c1F. The molecule has 106 valence electrons. The van der Waals surface area contributed by atoms with Crippen LogP contribution in [0.3, 0.4) is 0 Å². The van der Waals surface area contributed by atoms with E-state index >= 15 is 0 Å². The molecule has 0 saturated heterocycles. The standard InChI is InChI=1S/C15H16F2N2O/c16-12-7-6-11(13(19)8-9-18)14(17)15(12)20-10-4-2-1-3-5-10/h1-7,13H,8-9,18-19H2. The van der Waals surface area contributed by atoms with E-state index in [9.17, 15) is 8.78 Å². The van der Waals surface area contributed by atoms with E-state index in [0.29, 0.717) is 18.7 Å². The molecule has 0 aliphatic rings. The molecule has 0 aromatic heterocycles. The highest BCUT2D eigenvalue weighted by Gasteiger charge is 2.19. The molecular weight excluding hydrogens is 262 g/mol. The quantitative estimate of drug-likeness (QED) is 0.883.